The van der Waals surface area contributed by atoms with Crippen LogP contribution in [0.4, 0.5) is 0 Å². The molecule has 2 aliphatic rings. The first kappa shape index (κ1) is 23.1. The molecule has 2 fully saturated rings. The number of aromatic nitrogens is 2. The molecule has 3 heterocycles. The molecule has 1 aromatic heterocycles. The summed E-state index contributed by atoms with van der Waals surface area (Å²) in [5, 5.41) is 21.8. The molecule has 0 amide bonds. The molecule has 10 nitrogen and oxygen atoms in total. The van der Waals surface area contributed by atoms with Crippen LogP contribution in [0.1, 0.15) is 0 Å². The summed E-state index contributed by atoms with van der Waals surface area (Å²) in [6.07, 6.45) is -1.57. The number of ether oxygens (including phenoxy) is 2. The summed E-state index contributed by atoms with van der Waals surface area (Å²) in [5.41, 5.74) is -0.407. The number of quaternary nitrogens is 2. The Morgan fingerprint density at radius 3 is 1.88 bits per heavy atom. The van der Waals surface area contributed by atoms with E-state index in [9.17, 15) is 19.8 Å². The van der Waals surface area contributed by atoms with E-state index in [1.165, 1.54) is 14.4 Å². The lowest BCUT2D eigenvalue weighted by molar-refractivity contribution is -0.911. The van der Waals surface area contributed by atoms with Crippen molar-refractivity contribution < 1.29 is 29.5 Å². The van der Waals surface area contributed by atoms with Crippen LogP contribution in [0.25, 0.3) is 10.9 Å². The van der Waals surface area contributed by atoms with E-state index >= 15 is 0 Å². The van der Waals surface area contributed by atoms with Gasteiger partial charge < -0.3 is 29.5 Å². The molecule has 1 aromatic carbocycles. The standard InChI is InChI=1S/C22H32N4O6/c27-17(13-23-5-9-31-10-6-23)15-25-20-4-2-1-3-19(20)21(29)26(22(25)30)16-18(28)14-24-7-11-32-12-8-24/h1-4,17-18,27-28H,5-16H2/p+2/t17-,18-/m0/s1. The van der Waals surface area contributed by atoms with Gasteiger partial charge in [-0.15, -0.1) is 0 Å². The number of para-hydroxylation sites is 1. The van der Waals surface area contributed by atoms with Crippen LogP contribution in [-0.4, -0.2) is 97.3 Å². The lowest BCUT2D eigenvalue weighted by Gasteiger charge is -2.27. The number of fused-ring (bicyclic) bond motifs is 1. The zero-order chi connectivity index (χ0) is 22.5. The molecule has 0 saturated carbocycles. The topological polar surface area (TPSA) is 112 Å². The molecule has 0 radical (unpaired) electrons. The van der Waals surface area contributed by atoms with E-state index in [0.29, 0.717) is 50.4 Å². The largest absolute Gasteiger partial charge is 0.385 e. The predicted molar refractivity (Wildman–Crippen MR) is 117 cm³/mol. The highest BCUT2D eigenvalue weighted by molar-refractivity contribution is 5.77. The van der Waals surface area contributed by atoms with Gasteiger partial charge in [0.15, 0.2) is 0 Å². The minimum atomic E-state index is -0.828. The lowest BCUT2D eigenvalue weighted by Crippen LogP contribution is -3.15. The van der Waals surface area contributed by atoms with Crippen molar-refractivity contribution in [2.45, 2.75) is 25.3 Å². The van der Waals surface area contributed by atoms with Crippen LogP contribution in [0.15, 0.2) is 33.9 Å². The first-order valence-corrected chi connectivity index (χ1v) is 11.4. The highest BCUT2D eigenvalue weighted by Gasteiger charge is 2.23. The van der Waals surface area contributed by atoms with Gasteiger partial charge in [-0.2, -0.15) is 0 Å². The Bertz CT molecular complexity index is 1010. The smallest absolute Gasteiger partial charge is 0.331 e. The summed E-state index contributed by atoms with van der Waals surface area (Å²) >= 11 is 0. The van der Waals surface area contributed by atoms with Crippen LogP contribution >= 0.6 is 0 Å². The van der Waals surface area contributed by atoms with Gasteiger partial charge in [0.1, 0.15) is 51.5 Å². The number of morpholine rings is 2. The van der Waals surface area contributed by atoms with Gasteiger partial charge in [0, 0.05) is 0 Å². The fourth-order valence-electron chi connectivity index (χ4n) is 4.65. The maximum absolute atomic E-state index is 13.3. The SMILES string of the molecule is O=c1c2ccccc2n(C[C@@H](O)C[NH+]2CCOCC2)c(=O)n1C[C@@H](O)C[NH+]1CCOCC1. The molecule has 4 rings (SSSR count). The summed E-state index contributed by atoms with van der Waals surface area (Å²) < 4.78 is 13.3. The molecule has 0 bridgehead atoms. The van der Waals surface area contributed by atoms with Gasteiger partial charge >= 0.3 is 5.69 Å². The molecule has 32 heavy (non-hydrogen) atoms. The van der Waals surface area contributed by atoms with Gasteiger partial charge in [-0.1, -0.05) is 12.1 Å². The fourth-order valence-corrected chi connectivity index (χ4v) is 4.65. The van der Waals surface area contributed by atoms with Gasteiger partial charge in [-0.05, 0) is 12.1 Å². The molecule has 176 valence electrons. The summed E-state index contributed by atoms with van der Waals surface area (Å²) in [6, 6.07) is 6.94. The number of aliphatic hydroxyl groups is 2. The Morgan fingerprint density at radius 1 is 0.812 bits per heavy atom. The highest BCUT2D eigenvalue weighted by Crippen LogP contribution is 2.08. The van der Waals surface area contributed by atoms with Crippen molar-refractivity contribution in [3.8, 4) is 0 Å². The number of nitrogens with zero attached hydrogens (tertiary/aromatic N) is 2. The molecule has 2 aliphatic heterocycles. The summed E-state index contributed by atoms with van der Waals surface area (Å²) in [5.74, 6) is 0. The number of hydrogen-bond donors (Lipinski definition) is 4. The molecule has 0 unspecified atom stereocenters. The maximum Gasteiger partial charge on any atom is 0.331 e. The quantitative estimate of drug-likeness (QED) is 0.324. The molecular formula is C22H34N4O6+2. The second-order valence-electron chi connectivity index (χ2n) is 8.77. The molecule has 0 aliphatic carbocycles. The monoisotopic (exact) mass is 450 g/mol. The van der Waals surface area contributed by atoms with E-state index in [1.807, 2.05) is 0 Å². The number of aliphatic hydroxyl groups excluding tert-OH is 2. The van der Waals surface area contributed by atoms with Crippen LogP contribution < -0.4 is 21.0 Å². The number of rotatable bonds is 8. The van der Waals surface area contributed by atoms with E-state index in [4.69, 9.17) is 9.47 Å². The number of benzene rings is 1. The van der Waals surface area contributed by atoms with Crippen LogP contribution in [-0.2, 0) is 22.6 Å². The van der Waals surface area contributed by atoms with Crippen LogP contribution in [0.3, 0.4) is 0 Å². The Hall–Kier alpha value is -2.08. The Labute approximate surface area is 186 Å². The number of nitrogens with one attached hydrogen (secondary N) is 2. The zero-order valence-electron chi connectivity index (χ0n) is 18.4. The molecular weight excluding hydrogens is 416 g/mol. The molecule has 2 aromatic rings. The van der Waals surface area contributed by atoms with Crippen LogP contribution in [0.5, 0.6) is 0 Å². The van der Waals surface area contributed by atoms with E-state index in [0.717, 1.165) is 30.7 Å². The first-order chi connectivity index (χ1) is 15.5. The van der Waals surface area contributed by atoms with E-state index in [2.05, 4.69) is 0 Å². The first-order valence-electron chi connectivity index (χ1n) is 11.4. The molecule has 0 spiro atoms. The van der Waals surface area contributed by atoms with Gasteiger partial charge in [-0.3, -0.25) is 13.9 Å². The fraction of sp³-hybridized carbons (Fsp3) is 0.636. The molecule has 4 N–H and O–H groups in total. The third-order valence-electron chi connectivity index (χ3n) is 6.37. The minimum absolute atomic E-state index is 0.0718. The van der Waals surface area contributed by atoms with Crippen molar-refractivity contribution in [1.29, 1.82) is 0 Å². The summed E-state index contributed by atoms with van der Waals surface area (Å²) in [4.78, 5) is 28.8. The van der Waals surface area contributed by atoms with Crippen molar-refractivity contribution in [2.24, 2.45) is 0 Å². The number of hydrogen-bond acceptors (Lipinski definition) is 6. The summed E-state index contributed by atoms with van der Waals surface area (Å²) in [7, 11) is 0. The Kier molecular flexibility index (Phi) is 7.71. The second kappa shape index (κ2) is 10.7. The van der Waals surface area contributed by atoms with E-state index in [-0.39, 0.29) is 13.1 Å². The maximum atomic E-state index is 13.3. The second-order valence-corrected chi connectivity index (χ2v) is 8.77. The average Bonchev–Trinajstić information content (AvgIpc) is 2.81. The third kappa shape index (κ3) is 5.45. The minimum Gasteiger partial charge on any atom is -0.385 e. The van der Waals surface area contributed by atoms with Crippen LogP contribution in [0.2, 0.25) is 0 Å². The lowest BCUT2D eigenvalue weighted by atomic mass is 10.2. The van der Waals surface area contributed by atoms with Crippen LogP contribution in [0, 0.1) is 0 Å². The van der Waals surface area contributed by atoms with Crippen molar-refractivity contribution in [3.63, 3.8) is 0 Å². The van der Waals surface area contributed by atoms with Crippen molar-refractivity contribution in [2.75, 3.05) is 65.7 Å². The van der Waals surface area contributed by atoms with Gasteiger partial charge in [0.25, 0.3) is 5.56 Å². The normalized spacial score (nSPS) is 20.4. The third-order valence-corrected chi connectivity index (χ3v) is 6.37. The van der Waals surface area contributed by atoms with E-state index in [1.54, 1.807) is 24.3 Å². The van der Waals surface area contributed by atoms with Crippen molar-refractivity contribution in [1.82, 2.24) is 9.13 Å². The van der Waals surface area contributed by atoms with Gasteiger partial charge in [-0.25, -0.2) is 4.79 Å². The Morgan fingerprint density at radius 2 is 1.31 bits per heavy atom. The van der Waals surface area contributed by atoms with E-state index < -0.39 is 23.5 Å². The molecule has 2 saturated heterocycles. The Balaban J connectivity index is 1.57. The van der Waals surface area contributed by atoms with Crippen molar-refractivity contribution >= 4 is 10.9 Å². The van der Waals surface area contributed by atoms with Gasteiger partial charge in [0.05, 0.1) is 50.4 Å². The van der Waals surface area contributed by atoms with Crippen molar-refractivity contribution in [3.05, 3.63) is 45.1 Å². The molecule has 2 atom stereocenters. The van der Waals surface area contributed by atoms with Gasteiger partial charge in [0.2, 0.25) is 0 Å². The predicted octanol–water partition coefficient (Wildman–Crippen LogP) is -4.28. The molecule has 10 heteroatoms. The summed E-state index contributed by atoms with van der Waals surface area (Å²) in [6.45, 7) is 6.83. The highest BCUT2D eigenvalue weighted by atomic mass is 16.5. The average molecular weight is 451 g/mol. The zero-order valence-corrected chi connectivity index (χ0v) is 18.4.